The van der Waals surface area contributed by atoms with E-state index < -0.39 is 0 Å². The molecule has 7 heteroatoms. The number of hydrogen-bond acceptors (Lipinski definition) is 6. The van der Waals surface area contributed by atoms with Gasteiger partial charge in [-0.2, -0.15) is 4.98 Å². The van der Waals surface area contributed by atoms with Gasteiger partial charge in [-0.15, -0.1) is 0 Å². The van der Waals surface area contributed by atoms with E-state index in [0.29, 0.717) is 10.9 Å². The van der Waals surface area contributed by atoms with Crippen LogP contribution in [0.3, 0.4) is 0 Å². The van der Waals surface area contributed by atoms with Gasteiger partial charge in [0.1, 0.15) is 0 Å². The second-order valence-corrected chi connectivity index (χ2v) is 5.43. The Morgan fingerprint density at radius 2 is 2.24 bits per heavy atom. The Balaban J connectivity index is 1.84. The summed E-state index contributed by atoms with van der Waals surface area (Å²) < 4.78 is 5.39. The number of aromatic nitrogens is 3. The highest BCUT2D eigenvalue weighted by molar-refractivity contribution is 6.32. The summed E-state index contributed by atoms with van der Waals surface area (Å²) >= 11 is 6.12. The Kier molecular flexibility index (Phi) is 4.48. The Hall–Kier alpha value is -1.50. The van der Waals surface area contributed by atoms with Gasteiger partial charge in [-0.25, -0.2) is 0 Å². The van der Waals surface area contributed by atoms with E-state index in [2.05, 4.69) is 32.3 Å². The summed E-state index contributed by atoms with van der Waals surface area (Å²) in [5, 5.41) is 8.02. The normalized spacial score (nSPS) is 17.8. The van der Waals surface area contributed by atoms with Gasteiger partial charge in [-0.05, 0) is 12.5 Å². The van der Waals surface area contributed by atoms with Crippen LogP contribution in [0.25, 0.3) is 11.5 Å². The molecule has 1 aliphatic heterocycles. The average Bonchev–Trinajstić information content (AvgIpc) is 2.99. The molecule has 3 rings (SSSR count). The number of pyridine rings is 1. The first kappa shape index (κ1) is 14.4. The highest BCUT2D eigenvalue weighted by atomic mass is 35.5. The minimum atomic E-state index is 0.185. The topological polar surface area (TPSA) is 67.1 Å². The van der Waals surface area contributed by atoms with Crippen molar-refractivity contribution in [1.82, 2.24) is 25.3 Å². The molecule has 0 saturated carbocycles. The lowest BCUT2D eigenvalue weighted by molar-refractivity contribution is 0.160. The zero-order valence-corrected chi connectivity index (χ0v) is 12.7. The molecule has 6 nitrogen and oxygen atoms in total. The molecule has 0 bridgehead atoms. The number of nitrogens with zero attached hydrogens (tertiary/aromatic N) is 4. The molecule has 1 aliphatic rings. The lowest BCUT2D eigenvalue weighted by Gasteiger charge is -2.32. The van der Waals surface area contributed by atoms with Crippen molar-refractivity contribution in [3.05, 3.63) is 29.3 Å². The van der Waals surface area contributed by atoms with Crippen LogP contribution in [-0.2, 0) is 0 Å². The average molecular weight is 308 g/mol. The van der Waals surface area contributed by atoms with Crippen LogP contribution in [-0.4, -0.2) is 46.2 Å². The SMILES string of the molecule is CCC(c1noc(-c2ccncc2Cl)n1)N1CCNCC1. The highest BCUT2D eigenvalue weighted by Gasteiger charge is 2.25. The van der Waals surface area contributed by atoms with Crippen molar-refractivity contribution >= 4 is 11.6 Å². The first-order valence-electron chi connectivity index (χ1n) is 7.18. The molecule has 0 aromatic carbocycles. The van der Waals surface area contributed by atoms with Gasteiger partial charge < -0.3 is 9.84 Å². The van der Waals surface area contributed by atoms with Crippen molar-refractivity contribution in [2.24, 2.45) is 0 Å². The largest absolute Gasteiger partial charge is 0.334 e. The lowest BCUT2D eigenvalue weighted by atomic mass is 10.1. The minimum absolute atomic E-state index is 0.185. The molecule has 1 atom stereocenters. The van der Waals surface area contributed by atoms with Crippen LogP contribution >= 0.6 is 11.6 Å². The molecule has 3 heterocycles. The minimum Gasteiger partial charge on any atom is -0.334 e. The van der Waals surface area contributed by atoms with Crippen LogP contribution in [0.1, 0.15) is 25.2 Å². The molecule has 112 valence electrons. The maximum absolute atomic E-state index is 6.12. The van der Waals surface area contributed by atoms with E-state index in [9.17, 15) is 0 Å². The standard InChI is InChI=1S/C14H18ClN5O/c1-2-12(20-7-5-16-6-8-20)13-18-14(21-19-13)10-3-4-17-9-11(10)15/h3-4,9,12,16H,2,5-8H2,1H3. The molecule has 21 heavy (non-hydrogen) atoms. The summed E-state index contributed by atoms with van der Waals surface area (Å²) in [5.41, 5.74) is 0.723. The van der Waals surface area contributed by atoms with E-state index in [-0.39, 0.29) is 6.04 Å². The molecule has 0 aliphatic carbocycles. The quantitative estimate of drug-likeness (QED) is 0.933. The van der Waals surface area contributed by atoms with E-state index in [1.165, 1.54) is 0 Å². The molecule has 2 aromatic rings. The summed E-state index contributed by atoms with van der Waals surface area (Å²) in [6.07, 6.45) is 4.19. The van der Waals surface area contributed by atoms with Crippen LogP contribution in [0.15, 0.2) is 23.0 Å². The first-order valence-corrected chi connectivity index (χ1v) is 7.55. The zero-order valence-electron chi connectivity index (χ0n) is 11.9. The fourth-order valence-electron chi connectivity index (χ4n) is 2.63. The summed E-state index contributed by atoms with van der Waals surface area (Å²) in [7, 11) is 0. The van der Waals surface area contributed by atoms with Crippen LogP contribution < -0.4 is 5.32 Å². The van der Waals surface area contributed by atoms with E-state index in [1.54, 1.807) is 18.5 Å². The monoisotopic (exact) mass is 307 g/mol. The number of nitrogens with one attached hydrogen (secondary N) is 1. The van der Waals surface area contributed by atoms with Crippen LogP contribution in [0.4, 0.5) is 0 Å². The molecule has 0 amide bonds. The predicted molar refractivity (Wildman–Crippen MR) is 80.0 cm³/mol. The van der Waals surface area contributed by atoms with Gasteiger partial charge in [-0.3, -0.25) is 9.88 Å². The van der Waals surface area contributed by atoms with Gasteiger partial charge in [0.25, 0.3) is 5.89 Å². The molecule has 1 unspecified atom stereocenters. The van der Waals surface area contributed by atoms with Crippen molar-refractivity contribution in [3.63, 3.8) is 0 Å². The third-order valence-electron chi connectivity index (χ3n) is 3.72. The van der Waals surface area contributed by atoms with Gasteiger partial charge in [0.05, 0.1) is 16.6 Å². The fourth-order valence-corrected chi connectivity index (χ4v) is 2.83. The Morgan fingerprint density at radius 3 is 2.95 bits per heavy atom. The number of rotatable bonds is 4. The zero-order chi connectivity index (χ0) is 14.7. The van der Waals surface area contributed by atoms with Gasteiger partial charge in [0.2, 0.25) is 0 Å². The molecule has 1 N–H and O–H groups in total. The third kappa shape index (κ3) is 3.07. The molecule has 0 spiro atoms. The molecule has 2 aromatic heterocycles. The molecule has 1 saturated heterocycles. The Morgan fingerprint density at radius 1 is 1.43 bits per heavy atom. The highest BCUT2D eigenvalue weighted by Crippen LogP contribution is 2.28. The van der Waals surface area contributed by atoms with Crippen LogP contribution in [0.2, 0.25) is 5.02 Å². The van der Waals surface area contributed by atoms with Crippen LogP contribution in [0, 0.1) is 0 Å². The predicted octanol–water partition coefficient (Wildman–Crippen LogP) is 2.14. The first-order chi connectivity index (χ1) is 10.3. The van der Waals surface area contributed by atoms with Gasteiger partial charge in [0, 0.05) is 38.6 Å². The van der Waals surface area contributed by atoms with Gasteiger partial charge in [0.15, 0.2) is 5.82 Å². The maximum Gasteiger partial charge on any atom is 0.259 e. The fraction of sp³-hybridized carbons (Fsp3) is 0.500. The van der Waals surface area contributed by atoms with Gasteiger partial charge >= 0.3 is 0 Å². The molecular formula is C14H18ClN5O. The Bertz CT molecular complexity index is 597. The molecule has 0 radical (unpaired) electrons. The summed E-state index contributed by atoms with van der Waals surface area (Å²) in [5.74, 6) is 1.17. The van der Waals surface area contributed by atoms with Crippen molar-refractivity contribution in [2.45, 2.75) is 19.4 Å². The number of hydrogen-bond donors (Lipinski definition) is 1. The number of halogens is 1. The van der Waals surface area contributed by atoms with E-state index in [4.69, 9.17) is 16.1 Å². The maximum atomic E-state index is 6.12. The summed E-state index contributed by atoms with van der Waals surface area (Å²) in [6.45, 7) is 6.13. The smallest absolute Gasteiger partial charge is 0.259 e. The molecule has 1 fully saturated rings. The molecular weight excluding hydrogens is 290 g/mol. The van der Waals surface area contributed by atoms with Crippen molar-refractivity contribution in [1.29, 1.82) is 0 Å². The second-order valence-electron chi connectivity index (χ2n) is 5.02. The third-order valence-corrected chi connectivity index (χ3v) is 4.02. The van der Waals surface area contributed by atoms with Crippen molar-refractivity contribution < 1.29 is 4.52 Å². The van der Waals surface area contributed by atoms with E-state index in [1.807, 2.05) is 0 Å². The van der Waals surface area contributed by atoms with Gasteiger partial charge in [-0.1, -0.05) is 23.7 Å². The van der Waals surface area contributed by atoms with E-state index >= 15 is 0 Å². The van der Waals surface area contributed by atoms with E-state index in [0.717, 1.165) is 44.0 Å². The lowest BCUT2D eigenvalue weighted by Crippen LogP contribution is -2.45. The summed E-state index contributed by atoms with van der Waals surface area (Å²) in [6, 6.07) is 1.97. The van der Waals surface area contributed by atoms with Crippen LogP contribution in [0.5, 0.6) is 0 Å². The number of piperazine rings is 1. The summed E-state index contributed by atoms with van der Waals surface area (Å²) in [4.78, 5) is 10.9. The van der Waals surface area contributed by atoms with Crippen molar-refractivity contribution in [2.75, 3.05) is 26.2 Å². The second kappa shape index (κ2) is 6.51. The Labute approximate surface area is 128 Å². The van der Waals surface area contributed by atoms with Crippen molar-refractivity contribution in [3.8, 4) is 11.5 Å².